The minimum Gasteiger partial charge on any atom is -0.381 e. The van der Waals surface area contributed by atoms with Crippen LogP contribution >= 0.6 is 0 Å². The van der Waals surface area contributed by atoms with Crippen LogP contribution in [0.2, 0.25) is 0 Å². The van der Waals surface area contributed by atoms with Crippen LogP contribution in [0.15, 0.2) is 29.5 Å². The van der Waals surface area contributed by atoms with Crippen molar-refractivity contribution in [2.75, 3.05) is 26.3 Å². The molecule has 2 fully saturated rings. The molecule has 0 spiro atoms. The molecule has 0 aromatic carbocycles. The van der Waals surface area contributed by atoms with E-state index in [0.29, 0.717) is 38.2 Å². The van der Waals surface area contributed by atoms with Crippen LogP contribution in [0.1, 0.15) is 37.3 Å². The summed E-state index contributed by atoms with van der Waals surface area (Å²) in [6, 6.07) is 5.90. The summed E-state index contributed by atoms with van der Waals surface area (Å²) in [5, 5.41) is 3.95. The fourth-order valence-corrected chi connectivity index (χ4v) is 3.62. The van der Waals surface area contributed by atoms with Crippen LogP contribution in [0.4, 0.5) is 0 Å². The molecule has 1 aromatic heterocycles. The maximum atomic E-state index is 12.8. The number of ether oxygens (including phenoxy) is 1. The van der Waals surface area contributed by atoms with E-state index in [1.165, 1.54) is 12.8 Å². The van der Waals surface area contributed by atoms with Gasteiger partial charge in [0.1, 0.15) is 5.71 Å². The maximum Gasteiger partial charge on any atom is 0.270 e. The molecule has 0 unspecified atom stereocenters. The SMILES string of the molecule is O=C1CCC(C(=O)N2C[C@@H](COCC3CC3)[C@H](c3ccccn3)C2)=NN1. The van der Waals surface area contributed by atoms with Gasteiger partial charge in [0, 0.05) is 56.3 Å². The lowest BCUT2D eigenvalue weighted by molar-refractivity contribution is -0.124. The molecule has 1 saturated carbocycles. The van der Waals surface area contributed by atoms with Gasteiger partial charge in [-0.05, 0) is 30.9 Å². The Balaban J connectivity index is 1.44. The molecule has 4 rings (SSSR count). The Morgan fingerprint density at radius 3 is 2.81 bits per heavy atom. The molecule has 138 valence electrons. The fourth-order valence-electron chi connectivity index (χ4n) is 3.62. The predicted octanol–water partition coefficient (Wildman–Crippen LogP) is 1.32. The molecule has 7 nitrogen and oxygen atoms in total. The minimum absolute atomic E-state index is 0.0874. The lowest BCUT2D eigenvalue weighted by Gasteiger charge is -2.19. The number of hydrogen-bond donors (Lipinski definition) is 1. The number of amides is 2. The van der Waals surface area contributed by atoms with Gasteiger partial charge < -0.3 is 9.64 Å². The summed E-state index contributed by atoms with van der Waals surface area (Å²) in [5.41, 5.74) is 3.84. The van der Waals surface area contributed by atoms with Gasteiger partial charge in [-0.25, -0.2) is 5.43 Å². The molecule has 0 bridgehead atoms. The highest BCUT2D eigenvalue weighted by atomic mass is 16.5. The highest BCUT2D eigenvalue weighted by Gasteiger charge is 2.39. The summed E-state index contributed by atoms with van der Waals surface area (Å²) in [4.78, 5) is 30.4. The van der Waals surface area contributed by atoms with E-state index in [1.54, 1.807) is 6.20 Å². The Morgan fingerprint density at radius 2 is 2.12 bits per heavy atom. The van der Waals surface area contributed by atoms with Gasteiger partial charge in [-0.3, -0.25) is 14.6 Å². The van der Waals surface area contributed by atoms with E-state index in [4.69, 9.17) is 4.74 Å². The number of pyridine rings is 1. The van der Waals surface area contributed by atoms with E-state index in [2.05, 4.69) is 15.5 Å². The smallest absolute Gasteiger partial charge is 0.270 e. The highest BCUT2D eigenvalue weighted by molar-refractivity contribution is 6.39. The third-order valence-corrected chi connectivity index (χ3v) is 5.33. The van der Waals surface area contributed by atoms with Crippen molar-refractivity contribution in [3.8, 4) is 0 Å². The largest absolute Gasteiger partial charge is 0.381 e. The Morgan fingerprint density at radius 1 is 1.23 bits per heavy atom. The van der Waals surface area contributed by atoms with Gasteiger partial charge in [0.25, 0.3) is 5.91 Å². The average molecular weight is 356 g/mol. The quantitative estimate of drug-likeness (QED) is 0.833. The second kappa shape index (κ2) is 7.53. The van der Waals surface area contributed by atoms with Crippen LogP contribution in [0, 0.1) is 11.8 Å². The summed E-state index contributed by atoms with van der Waals surface area (Å²) in [7, 11) is 0. The van der Waals surface area contributed by atoms with E-state index in [-0.39, 0.29) is 23.7 Å². The molecule has 3 heterocycles. The Kier molecular flexibility index (Phi) is 4.97. The average Bonchev–Trinajstić information content (AvgIpc) is 3.40. The summed E-state index contributed by atoms with van der Waals surface area (Å²) in [6.45, 7) is 2.71. The monoisotopic (exact) mass is 356 g/mol. The summed E-state index contributed by atoms with van der Waals surface area (Å²) < 4.78 is 5.93. The van der Waals surface area contributed by atoms with E-state index >= 15 is 0 Å². The molecule has 2 amide bonds. The van der Waals surface area contributed by atoms with Gasteiger partial charge in [0.15, 0.2) is 0 Å². The zero-order valence-electron chi connectivity index (χ0n) is 14.8. The van der Waals surface area contributed by atoms with Crippen molar-refractivity contribution in [2.45, 2.75) is 31.6 Å². The molecular weight excluding hydrogens is 332 g/mol. The molecular formula is C19H24N4O3. The van der Waals surface area contributed by atoms with E-state index in [1.807, 2.05) is 23.1 Å². The van der Waals surface area contributed by atoms with Crippen LogP contribution < -0.4 is 5.43 Å². The van der Waals surface area contributed by atoms with Crippen molar-refractivity contribution >= 4 is 17.5 Å². The summed E-state index contributed by atoms with van der Waals surface area (Å²) in [6.07, 6.45) is 5.05. The van der Waals surface area contributed by atoms with Gasteiger partial charge in [0.2, 0.25) is 5.91 Å². The van der Waals surface area contributed by atoms with Gasteiger partial charge in [-0.1, -0.05) is 6.07 Å². The minimum atomic E-state index is -0.138. The van der Waals surface area contributed by atoms with Crippen molar-refractivity contribution < 1.29 is 14.3 Å². The molecule has 1 N–H and O–H groups in total. The van der Waals surface area contributed by atoms with Crippen LogP contribution in [-0.4, -0.2) is 53.7 Å². The lowest BCUT2D eigenvalue weighted by atomic mass is 9.93. The van der Waals surface area contributed by atoms with Crippen molar-refractivity contribution in [3.63, 3.8) is 0 Å². The third kappa shape index (κ3) is 3.93. The van der Waals surface area contributed by atoms with Crippen LogP contribution in [0.5, 0.6) is 0 Å². The standard InChI is InChI=1S/C19H24N4O3/c24-18-7-6-17(21-22-18)19(25)23-9-14(12-26-11-13-4-5-13)15(10-23)16-3-1-2-8-20-16/h1-3,8,13-15H,4-7,9-12H2,(H,22,24)/t14-,15+/m0/s1. The maximum absolute atomic E-state index is 12.8. The van der Waals surface area contributed by atoms with Crippen molar-refractivity contribution in [1.82, 2.24) is 15.3 Å². The van der Waals surface area contributed by atoms with E-state index in [9.17, 15) is 9.59 Å². The Bertz CT molecular complexity index is 702. The first-order chi connectivity index (χ1) is 12.7. The number of carbonyl (C=O) groups excluding carboxylic acids is 2. The molecule has 1 aliphatic carbocycles. The molecule has 2 atom stereocenters. The molecule has 7 heteroatoms. The molecule has 26 heavy (non-hydrogen) atoms. The van der Waals surface area contributed by atoms with Crippen molar-refractivity contribution in [3.05, 3.63) is 30.1 Å². The zero-order valence-corrected chi connectivity index (χ0v) is 14.8. The Hall–Kier alpha value is -2.28. The van der Waals surface area contributed by atoms with Gasteiger partial charge >= 0.3 is 0 Å². The highest BCUT2D eigenvalue weighted by Crippen LogP contribution is 2.34. The zero-order chi connectivity index (χ0) is 17.9. The van der Waals surface area contributed by atoms with E-state index < -0.39 is 0 Å². The third-order valence-electron chi connectivity index (χ3n) is 5.33. The number of carbonyl (C=O) groups is 2. The van der Waals surface area contributed by atoms with E-state index in [0.717, 1.165) is 18.2 Å². The molecule has 3 aliphatic rings. The first kappa shape index (κ1) is 17.1. The van der Waals surface area contributed by atoms with Crippen LogP contribution in [-0.2, 0) is 14.3 Å². The predicted molar refractivity (Wildman–Crippen MR) is 95.4 cm³/mol. The van der Waals surface area contributed by atoms with Crippen LogP contribution in [0.25, 0.3) is 0 Å². The van der Waals surface area contributed by atoms with Gasteiger partial charge in [-0.2, -0.15) is 5.10 Å². The number of hydrogen-bond acceptors (Lipinski definition) is 5. The molecule has 0 radical (unpaired) electrons. The number of likely N-dealkylation sites (tertiary alicyclic amines) is 1. The van der Waals surface area contributed by atoms with Crippen molar-refractivity contribution in [1.29, 1.82) is 0 Å². The van der Waals surface area contributed by atoms with Crippen LogP contribution in [0.3, 0.4) is 0 Å². The molecule has 2 aliphatic heterocycles. The number of nitrogens with one attached hydrogen (secondary N) is 1. The Labute approximate surface area is 152 Å². The number of rotatable bonds is 6. The first-order valence-corrected chi connectivity index (χ1v) is 9.34. The molecule has 1 aromatic rings. The fraction of sp³-hybridized carbons (Fsp3) is 0.579. The van der Waals surface area contributed by atoms with Gasteiger partial charge in [-0.15, -0.1) is 0 Å². The summed E-state index contributed by atoms with van der Waals surface area (Å²) in [5.74, 6) is 0.892. The number of nitrogens with zero attached hydrogens (tertiary/aromatic N) is 3. The topological polar surface area (TPSA) is 83.9 Å². The lowest BCUT2D eigenvalue weighted by Crippen LogP contribution is -2.39. The summed E-state index contributed by atoms with van der Waals surface area (Å²) >= 11 is 0. The van der Waals surface area contributed by atoms with Crippen molar-refractivity contribution in [2.24, 2.45) is 16.9 Å². The molecule has 1 saturated heterocycles. The first-order valence-electron chi connectivity index (χ1n) is 9.34. The second-order valence-electron chi connectivity index (χ2n) is 7.41. The number of hydrazone groups is 1. The number of aromatic nitrogens is 1. The normalized spacial score (nSPS) is 25.8. The second-order valence-corrected chi connectivity index (χ2v) is 7.41. The van der Waals surface area contributed by atoms with Gasteiger partial charge in [0.05, 0.1) is 6.61 Å².